The van der Waals surface area contributed by atoms with Crippen LogP contribution in [0.2, 0.25) is 0 Å². The van der Waals surface area contributed by atoms with E-state index in [1.807, 2.05) is 86.6 Å². The number of thioether (sulfide) groups is 1. The van der Waals surface area contributed by atoms with E-state index in [9.17, 15) is 9.59 Å². The third-order valence-corrected chi connectivity index (χ3v) is 7.67. The number of imide groups is 1. The Hall–Kier alpha value is -3.55. The average molecular weight is 589 g/mol. The van der Waals surface area contributed by atoms with Gasteiger partial charge in [0.05, 0.1) is 22.5 Å². The minimum Gasteiger partial charge on any atom is -0.490 e. The molecule has 0 N–H and O–H groups in total. The number of carbonyl (C=O) groups is 2. The number of aryl methyl sites for hydroxylation is 1. The lowest BCUT2D eigenvalue weighted by atomic mass is 10.0. The molecule has 5 rings (SSSR count). The maximum atomic E-state index is 13.3. The molecule has 4 aromatic carbocycles. The van der Waals surface area contributed by atoms with Crippen LogP contribution in [0.3, 0.4) is 0 Å². The van der Waals surface area contributed by atoms with Crippen molar-refractivity contribution in [1.29, 1.82) is 0 Å². The van der Waals surface area contributed by atoms with E-state index in [-0.39, 0.29) is 17.7 Å². The quantitative estimate of drug-likeness (QED) is 0.195. The Balaban J connectivity index is 1.38. The number of fused-ring (bicyclic) bond motifs is 1. The van der Waals surface area contributed by atoms with E-state index < -0.39 is 0 Å². The van der Waals surface area contributed by atoms with Crippen LogP contribution in [0.15, 0.2) is 88.2 Å². The summed E-state index contributed by atoms with van der Waals surface area (Å²) in [4.78, 5) is 27.8. The van der Waals surface area contributed by atoms with Crippen LogP contribution in [0.5, 0.6) is 11.5 Å². The van der Waals surface area contributed by atoms with E-state index in [4.69, 9.17) is 9.47 Å². The van der Waals surface area contributed by atoms with Gasteiger partial charge in [-0.05, 0) is 87.2 Å². The van der Waals surface area contributed by atoms with E-state index >= 15 is 0 Å². The first-order chi connectivity index (χ1) is 18.4. The number of hydrogen-bond acceptors (Lipinski definition) is 5. The molecule has 0 radical (unpaired) electrons. The number of halogens is 1. The maximum Gasteiger partial charge on any atom is 0.293 e. The third kappa shape index (κ3) is 5.64. The molecule has 4 aromatic rings. The van der Waals surface area contributed by atoms with Crippen molar-refractivity contribution in [2.24, 2.45) is 0 Å². The molecule has 192 valence electrons. The lowest BCUT2D eigenvalue weighted by Crippen LogP contribution is -2.27. The maximum absolute atomic E-state index is 13.3. The predicted octanol–water partition coefficient (Wildman–Crippen LogP) is 8.12. The number of ether oxygens (including phenoxy) is 2. The van der Waals surface area contributed by atoms with Gasteiger partial charge in [-0.25, -0.2) is 0 Å². The second-order valence-corrected chi connectivity index (χ2v) is 10.8. The molecule has 0 atom stereocenters. The molecule has 0 bridgehead atoms. The molecule has 0 spiro atoms. The highest BCUT2D eigenvalue weighted by Crippen LogP contribution is 2.40. The van der Waals surface area contributed by atoms with Gasteiger partial charge in [-0.15, -0.1) is 0 Å². The zero-order valence-electron chi connectivity index (χ0n) is 21.1. The Morgan fingerprint density at radius 2 is 1.74 bits per heavy atom. The Bertz CT molecular complexity index is 1560. The van der Waals surface area contributed by atoms with Crippen LogP contribution in [0.1, 0.15) is 29.2 Å². The van der Waals surface area contributed by atoms with Crippen molar-refractivity contribution in [2.75, 3.05) is 6.61 Å². The largest absolute Gasteiger partial charge is 0.490 e. The highest BCUT2D eigenvalue weighted by atomic mass is 79.9. The summed E-state index contributed by atoms with van der Waals surface area (Å²) in [6.07, 6.45) is 1.73. The molecule has 7 heteroatoms. The van der Waals surface area contributed by atoms with E-state index in [0.29, 0.717) is 34.1 Å². The summed E-state index contributed by atoms with van der Waals surface area (Å²) in [5, 5.41) is 1.83. The monoisotopic (exact) mass is 587 g/mol. The van der Waals surface area contributed by atoms with Gasteiger partial charge in [0.25, 0.3) is 11.1 Å². The van der Waals surface area contributed by atoms with Crippen molar-refractivity contribution in [3.8, 4) is 11.5 Å². The molecule has 1 fully saturated rings. The summed E-state index contributed by atoms with van der Waals surface area (Å²) in [5.74, 6) is 0.854. The minimum atomic E-state index is -0.304. The van der Waals surface area contributed by atoms with Crippen LogP contribution in [0.25, 0.3) is 16.8 Å². The summed E-state index contributed by atoms with van der Waals surface area (Å²) in [5.41, 5.74) is 3.89. The Kier molecular flexibility index (Phi) is 7.86. The minimum absolute atomic E-state index is 0.225. The van der Waals surface area contributed by atoms with Gasteiger partial charge in [-0.3, -0.25) is 14.5 Å². The van der Waals surface area contributed by atoms with Crippen LogP contribution < -0.4 is 9.47 Å². The van der Waals surface area contributed by atoms with Crippen LogP contribution in [-0.2, 0) is 17.9 Å². The third-order valence-electron chi connectivity index (χ3n) is 6.18. The zero-order valence-corrected chi connectivity index (χ0v) is 23.5. The second kappa shape index (κ2) is 11.5. The van der Waals surface area contributed by atoms with Gasteiger partial charge < -0.3 is 9.47 Å². The highest BCUT2D eigenvalue weighted by Gasteiger charge is 2.35. The Morgan fingerprint density at radius 3 is 2.55 bits per heavy atom. The molecule has 1 aliphatic heterocycles. The second-order valence-electron chi connectivity index (χ2n) is 8.95. The van der Waals surface area contributed by atoms with Gasteiger partial charge in [0, 0.05) is 0 Å². The number of amides is 2. The van der Waals surface area contributed by atoms with Crippen molar-refractivity contribution in [1.82, 2.24) is 4.90 Å². The van der Waals surface area contributed by atoms with Crippen LogP contribution in [0.4, 0.5) is 4.79 Å². The van der Waals surface area contributed by atoms with E-state index in [1.54, 1.807) is 6.08 Å². The summed E-state index contributed by atoms with van der Waals surface area (Å²) in [7, 11) is 0. The molecule has 0 aliphatic carbocycles. The van der Waals surface area contributed by atoms with Crippen molar-refractivity contribution in [2.45, 2.75) is 27.0 Å². The molecule has 0 saturated carbocycles. The summed E-state index contributed by atoms with van der Waals surface area (Å²) in [6, 6.07) is 25.7. The molecule has 38 heavy (non-hydrogen) atoms. The molecular weight excluding hydrogens is 562 g/mol. The average Bonchev–Trinajstić information content (AvgIpc) is 3.16. The number of benzene rings is 4. The van der Waals surface area contributed by atoms with Crippen LogP contribution in [-0.4, -0.2) is 22.7 Å². The van der Waals surface area contributed by atoms with Gasteiger partial charge in [0.2, 0.25) is 0 Å². The fraction of sp³-hybridized carbons (Fsp3) is 0.161. The number of rotatable bonds is 8. The lowest BCUT2D eigenvalue weighted by Gasteiger charge is -2.15. The van der Waals surface area contributed by atoms with Gasteiger partial charge >= 0.3 is 0 Å². The number of nitrogens with zero attached hydrogens (tertiary/aromatic N) is 1. The standard InChI is InChI=1S/C31H26BrNO4S/c1-3-36-27-16-22(15-26(32)29(27)37-19-21-9-6-8-20(2)14-21)17-28-30(34)33(31(35)38-28)18-24-12-7-11-23-10-4-5-13-25(23)24/h4-17H,3,18-19H2,1-2H3/b28-17-. The smallest absolute Gasteiger partial charge is 0.293 e. The van der Waals surface area contributed by atoms with E-state index in [2.05, 4.69) is 22.0 Å². The normalized spacial score (nSPS) is 14.5. The van der Waals surface area contributed by atoms with Gasteiger partial charge in [-0.2, -0.15) is 0 Å². The van der Waals surface area contributed by atoms with E-state index in [1.165, 1.54) is 10.5 Å². The zero-order chi connectivity index (χ0) is 26.6. The van der Waals surface area contributed by atoms with Crippen molar-refractivity contribution in [3.05, 3.63) is 110 Å². The summed E-state index contributed by atoms with van der Waals surface area (Å²) < 4.78 is 12.7. The molecule has 1 heterocycles. The van der Waals surface area contributed by atoms with Crippen LogP contribution >= 0.6 is 27.7 Å². The molecule has 5 nitrogen and oxygen atoms in total. The lowest BCUT2D eigenvalue weighted by molar-refractivity contribution is -0.123. The van der Waals surface area contributed by atoms with Crippen molar-refractivity contribution in [3.63, 3.8) is 0 Å². The SMILES string of the molecule is CCOc1cc(/C=C2\SC(=O)N(Cc3cccc4ccccc34)C2=O)cc(Br)c1OCc1cccc(C)c1. The van der Waals surface area contributed by atoms with Gasteiger partial charge in [0.1, 0.15) is 6.61 Å². The van der Waals surface area contributed by atoms with Gasteiger partial charge in [0.15, 0.2) is 11.5 Å². The topological polar surface area (TPSA) is 55.8 Å². The van der Waals surface area contributed by atoms with Crippen molar-refractivity contribution < 1.29 is 19.1 Å². The van der Waals surface area contributed by atoms with E-state index in [0.717, 1.165) is 39.2 Å². The molecular formula is C31H26BrNO4S. The first kappa shape index (κ1) is 26.1. The molecule has 0 aromatic heterocycles. The summed E-state index contributed by atoms with van der Waals surface area (Å²) >= 11 is 4.56. The summed E-state index contributed by atoms with van der Waals surface area (Å²) in [6.45, 7) is 5.03. The fourth-order valence-corrected chi connectivity index (χ4v) is 5.83. The Morgan fingerprint density at radius 1 is 0.947 bits per heavy atom. The fourth-order valence-electron chi connectivity index (χ4n) is 4.42. The highest BCUT2D eigenvalue weighted by molar-refractivity contribution is 9.10. The van der Waals surface area contributed by atoms with Crippen LogP contribution in [0, 0.1) is 6.92 Å². The van der Waals surface area contributed by atoms with Crippen molar-refractivity contribution >= 4 is 55.7 Å². The Labute approximate surface area is 234 Å². The molecule has 0 unspecified atom stereocenters. The predicted molar refractivity (Wildman–Crippen MR) is 156 cm³/mol. The number of hydrogen-bond donors (Lipinski definition) is 0. The first-order valence-corrected chi connectivity index (χ1v) is 13.9. The molecule has 1 aliphatic rings. The number of carbonyl (C=O) groups excluding carboxylic acids is 2. The first-order valence-electron chi connectivity index (χ1n) is 12.3. The molecule has 2 amide bonds. The molecule has 1 saturated heterocycles. The van der Waals surface area contributed by atoms with Gasteiger partial charge in [-0.1, -0.05) is 72.3 Å².